The Morgan fingerprint density at radius 2 is 1.74 bits per heavy atom. The van der Waals surface area contributed by atoms with E-state index in [9.17, 15) is 9.90 Å². The van der Waals surface area contributed by atoms with Crippen molar-refractivity contribution in [1.29, 1.82) is 0 Å². The van der Waals surface area contributed by atoms with E-state index in [-0.39, 0.29) is 24.0 Å². The number of hydrogen-bond donors (Lipinski definition) is 1. The maximum atomic E-state index is 12.3. The number of benzene rings is 2. The lowest BCUT2D eigenvalue weighted by molar-refractivity contribution is 0.0464. The number of cyclic esters (lactones) is 1. The lowest BCUT2D eigenvalue weighted by Crippen LogP contribution is -2.44. The Morgan fingerprint density at radius 1 is 0.971 bits per heavy atom. The molecular formula is C26H32N2O6. The fourth-order valence-corrected chi connectivity index (χ4v) is 4.86. The molecule has 1 amide bonds. The summed E-state index contributed by atoms with van der Waals surface area (Å²) in [5.74, 6) is 3.11. The third kappa shape index (κ3) is 5.50. The van der Waals surface area contributed by atoms with Gasteiger partial charge in [-0.2, -0.15) is 0 Å². The summed E-state index contributed by atoms with van der Waals surface area (Å²) in [6, 6.07) is 14.3. The molecular weight excluding hydrogens is 436 g/mol. The van der Waals surface area contributed by atoms with E-state index in [0.717, 1.165) is 50.4 Å². The van der Waals surface area contributed by atoms with E-state index in [4.69, 9.17) is 18.9 Å². The molecule has 2 aromatic carbocycles. The first-order valence-corrected chi connectivity index (χ1v) is 12.1. The lowest BCUT2D eigenvalue weighted by atomic mass is 9.93. The molecule has 5 rings (SSSR count). The highest BCUT2D eigenvalue weighted by Gasteiger charge is 2.34. The van der Waals surface area contributed by atoms with Crippen LogP contribution in [0.4, 0.5) is 4.79 Å². The highest BCUT2D eigenvalue weighted by Crippen LogP contribution is 2.31. The molecule has 8 heteroatoms. The minimum absolute atomic E-state index is 0.0557. The number of piperidine rings is 1. The van der Waals surface area contributed by atoms with Crippen molar-refractivity contribution in [3.8, 4) is 23.0 Å². The summed E-state index contributed by atoms with van der Waals surface area (Å²) in [6.07, 6.45) is 2.99. The summed E-state index contributed by atoms with van der Waals surface area (Å²) in [7, 11) is 0. The molecule has 0 unspecified atom stereocenters. The molecule has 182 valence electrons. The van der Waals surface area contributed by atoms with Gasteiger partial charge < -0.3 is 24.1 Å². The van der Waals surface area contributed by atoms with Gasteiger partial charge >= 0.3 is 6.09 Å². The standard InChI is InChI=1S/C26H32N2O6/c29-21-5-7-22(8-6-21)31-16-20-17-33-26(30)28(20)14-11-19-9-12-27(13-10-19)15-23-18-32-24-3-1-2-4-25(24)34-23/h1-8,19-20,23,29H,9-18H2/t20-,23+/m1/s1. The van der Waals surface area contributed by atoms with Crippen molar-refractivity contribution < 1.29 is 28.8 Å². The van der Waals surface area contributed by atoms with Crippen LogP contribution >= 0.6 is 0 Å². The van der Waals surface area contributed by atoms with Crippen LogP contribution in [0.3, 0.4) is 0 Å². The van der Waals surface area contributed by atoms with E-state index in [0.29, 0.717) is 38.0 Å². The molecule has 0 saturated carbocycles. The van der Waals surface area contributed by atoms with Crippen LogP contribution < -0.4 is 14.2 Å². The van der Waals surface area contributed by atoms with Gasteiger partial charge in [0.25, 0.3) is 0 Å². The van der Waals surface area contributed by atoms with Crippen LogP contribution in [0, 0.1) is 5.92 Å². The minimum Gasteiger partial charge on any atom is -0.508 e. The first-order chi connectivity index (χ1) is 16.6. The number of phenolic OH excluding ortho intramolecular Hbond substituents is 1. The molecule has 2 aromatic rings. The third-order valence-electron chi connectivity index (χ3n) is 6.87. The quantitative estimate of drug-likeness (QED) is 0.635. The molecule has 0 spiro atoms. The van der Waals surface area contributed by atoms with E-state index in [1.807, 2.05) is 24.3 Å². The van der Waals surface area contributed by atoms with Crippen molar-refractivity contribution in [1.82, 2.24) is 9.80 Å². The number of carbonyl (C=O) groups is 1. The van der Waals surface area contributed by atoms with E-state index < -0.39 is 0 Å². The number of rotatable bonds is 8. The van der Waals surface area contributed by atoms with Crippen molar-refractivity contribution in [2.24, 2.45) is 5.92 Å². The molecule has 3 heterocycles. The minimum atomic E-state index is -0.258. The zero-order valence-electron chi connectivity index (χ0n) is 19.3. The summed E-state index contributed by atoms with van der Waals surface area (Å²) >= 11 is 0. The molecule has 3 aliphatic heterocycles. The highest BCUT2D eigenvalue weighted by molar-refractivity contribution is 5.70. The summed E-state index contributed by atoms with van der Waals surface area (Å²) in [5, 5.41) is 9.40. The lowest BCUT2D eigenvalue weighted by Gasteiger charge is -2.36. The van der Waals surface area contributed by atoms with Gasteiger partial charge in [0.1, 0.15) is 43.5 Å². The molecule has 0 aliphatic carbocycles. The van der Waals surface area contributed by atoms with Crippen molar-refractivity contribution in [2.45, 2.75) is 31.4 Å². The second-order valence-corrected chi connectivity index (χ2v) is 9.26. The average molecular weight is 469 g/mol. The van der Waals surface area contributed by atoms with Crippen LogP contribution in [0.2, 0.25) is 0 Å². The van der Waals surface area contributed by atoms with Crippen molar-refractivity contribution in [3.63, 3.8) is 0 Å². The molecule has 0 bridgehead atoms. The van der Waals surface area contributed by atoms with Crippen molar-refractivity contribution >= 4 is 6.09 Å². The number of nitrogens with zero attached hydrogens (tertiary/aromatic N) is 2. The number of ether oxygens (including phenoxy) is 4. The van der Waals surface area contributed by atoms with Crippen LogP contribution in [-0.2, 0) is 4.74 Å². The molecule has 8 nitrogen and oxygen atoms in total. The molecule has 0 radical (unpaired) electrons. The summed E-state index contributed by atoms with van der Waals surface area (Å²) < 4.78 is 23.1. The molecule has 2 fully saturated rings. The molecule has 3 aliphatic rings. The average Bonchev–Trinajstić information content (AvgIpc) is 3.22. The Morgan fingerprint density at radius 3 is 2.53 bits per heavy atom. The van der Waals surface area contributed by atoms with Gasteiger partial charge in [-0.05, 0) is 74.7 Å². The third-order valence-corrected chi connectivity index (χ3v) is 6.87. The van der Waals surface area contributed by atoms with Crippen LogP contribution in [0.1, 0.15) is 19.3 Å². The van der Waals surface area contributed by atoms with Gasteiger partial charge in [-0.15, -0.1) is 0 Å². The summed E-state index contributed by atoms with van der Waals surface area (Å²) in [6.45, 7) is 4.93. The van der Waals surface area contributed by atoms with Gasteiger partial charge in [-0.1, -0.05) is 12.1 Å². The van der Waals surface area contributed by atoms with Crippen molar-refractivity contribution in [3.05, 3.63) is 48.5 Å². The van der Waals surface area contributed by atoms with E-state index >= 15 is 0 Å². The number of para-hydroxylation sites is 2. The smallest absolute Gasteiger partial charge is 0.410 e. The van der Waals surface area contributed by atoms with E-state index in [2.05, 4.69) is 4.90 Å². The predicted octanol–water partition coefficient (Wildman–Crippen LogP) is 3.53. The molecule has 0 aromatic heterocycles. The number of aromatic hydroxyl groups is 1. The number of likely N-dealkylation sites (tertiary alicyclic amines) is 1. The zero-order valence-corrected chi connectivity index (χ0v) is 19.3. The maximum Gasteiger partial charge on any atom is 0.410 e. The Kier molecular flexibility index (Phi) is 6.94. The fraction of sp³-hybridized carbons (Fsp3) is 0.500. The van der Waals surface area contributed by atoms with Crippen LogP contribution in [0.15, 0.2) is 48.5 Å². The Hall–Kier alpha value is -3.13. The van der Waals surface area contributed by atoms with Crippen LogP contribution in [0.5, 0.6) is 23.0 Å². The Balaban J connectivity index is 1.04. The SMILES string of the molecule is O=C1OC[C@@H](COc2ccc(O)cc2)N1CCC1CCN(C[C@H]2COc3ccccc3O2)CC1. The maximum absolute atomic E-state index is 12.3. The Bertz CT molecular complexity index is 960. The van der Waals surface area contributed by atoms with Gasteiger partial charge in [0.05, 0.1) is 0 Å². The molecule has 34 heavy (non-hydrogen) atoms. The number of amides is 1. The second kappa shape index (κ2) is 10.4. The predicted molar refractivity (Wildman–Crippen MR) is 126 cm³/mol. The number of carbonyl (C=O) groups excluding carboxylic acids is 1. The normalized spacial score (nSPS) is 23.1. The van der Waals surface area contributed by atoms with Crippen molar-refractivity contribution in [2.75, 3.05) is 46.0 Å². The van der Waals surface area contributed by atoms with Gasteiger partial charge in [0, 0.05) is 13.1 Å². The zero-order chi connectivity index (χ0) is 23.3. The van der Waals surface area contributed by atoms with E-state index in [1.165, 1.54) is 0 Å². The number of fused-ring (bicyclic) bond motifs is 1. The van der Waals surface area contributed by atoms with Gasteiger partial charge in [0.2, 0.25) is 0 Å². The first kappa shape index (κ1) is 22.7. The van der Waals surface area contributed by atoms with Gasteiger partial charge in [-0.25, -0.2) is 4.79 Å². The van der Waals surface area contributed by atoms with Crippen LogP contribution in [0.25, 0.3) is 0 Å². The molecule has 1 N–H and O–H groups in total. The molecule has 2 saturated heterocycles. The number of phenols is 1. The van der Waals surface area contributed by atoms with Gasteiger partial charge in [-0.3, -0.25) is 9.80 Å². The summed E-state index contributed by atoms with van der Waals surface area (Å²) in [5.41, 5.74) is 0. The largest absolute Gasteiger partial charge is 0.508 e. The monoisotopic (exact) mass is 468 g/mol. The number of hydrogen-bond acceptors (Lipinski definition) is 7. The topological polar surface area (TPSA) is 80.7 Å². The fourth-order valence-electron chi connectivity index (χ4n) is 4.86. The second-order valence-electron chi connectivity index (χ2n) is 9.26. The van der Waals surface area contributed by atoms with Gasteiger partial charge in [0.15, 0.2) is 11.5 Å². The first-order valence-electron chi connectivity index (χ1n) is 12.1. The highest BCUT2D eigenvalue weighted by atomic mass is 16.6. The van der Waals surface area contributed by atoms with Crippen LogP contribution in [-0.4, -0.2) is 79.1 Å². The Labute approximate surface area is 200 Å². The molecule has 2 atom stereocenters. The van der Waals surface area contributed by atoms with E-state index in [1.54, 1.807) is 29.2 Å². The summed E-state index contributed by atoms with van der Waals surface area (Å²) in [4.78, 5) is 16.5.